The van der Waals surface area contributed by atoms with Gasteiger partial charge >= 0.3 is 0 Å². The van der Waals surface area contributed by atoms with Gasteiger partial charge in [-0.2, -0.15) is 5.10 Å². The summed E-state index contributed by atoms with van der Waals surface area (Å²) >= 11 is 1.53. The van der Waals surface area contributed by atoms with Crippen LogP contribution in [0.4, 0.5) is 9.52 Å². The Morgan fingerprint density at radius 1 is 1.25 bits per heavy atom. The highest BCUT2D eigenvalue weighted by Gasteiger charge is 2.03. The van der Waals surface area contributed by atoms with Crippen LogP contribution in [0.15, 0.2) is 47.7 Å². The average molecular weight is 286 g/mol. The lowest BCUT2D eigenvalue weighted by Gasteiger charge is -1.99. The molecule has 6 heteroatoms. The van der Waals surface area contributed by atoms with E-state index in [-0.39, 0.29) is 5.82 Å². The minimum atomic E-state index is -0.360. The van der Waals surface area contributed by atoms with Crippen LogP contribution in [-0.4, -0.2) is 15.7 Å². The van der Waals surface area contributed by atoms with E-state index in [2.05, 4.69) is 20.5 Å². The zero-order valence-corrected chi connectivity index (χ0v) is 11.5. The van der Waals surface area contributed by atoms with Gasteiger partial charge in [0.15, 0.2) is 0 Å². The van der Waals surface area contributed by atoms with Crippen molar-refractivity contribution in [2.75, 3.05) is 5.43 Å². The van der Waals surface area contributed by atoms with Crippen LogP contribution in [0.25, 0.3) is 10.2 Å². The van der Waals surface area contributed by atoms with Gasteiger partial charge in [0.05, 0.1) is 27.8 Å². The number of benzene rings is 1. The summed E-state index contributed by atoms with van der Waals surface area (Å²) in [7, 11) is 0. The molecule has 0 bridgehead atoms. The van der Waals surface area contributed by atoms with Gasteiger partial charge in [0.2, 0.25) is 5.13 Å². The molecule has 20 heavy (non-hydrogen) atoms. The Labute approximate surface area is 119 Å². The van der Waals surface area contributed by atoms with Gasteiger partial charge in [-0.1, -0.05) is 23.5 Å². The van der Waals surface area contributed by atoms with E-state index in [1.807, 2.05) is 24.3 Å². The van der Waals surface area contributed by atoms with Crippen LogP contribution in [0.2, 0.25) is 0 Å². The second-order valence-electron chi connectivity index (χ2n) is 4.16. The van der Waals surface area contributed by atoms with Crippen molar-refractivity contribution in [3.63, 3.8) is 0 Å². The number of fused-ring (bicyclic) bond motifs is 1. The molecule has 0 atom stereocenters. The molecule has 0 saturated carbocycles. The van der Waals surface area contributed by atoms with Crippen LogP contribution in [0.3, 0.4) is 0 Å². The molecule has 4 nitrogen and oxygen atoms in total. The first kappa shape index (κ1) is 12.7. The lowest BCUT2D eigenvalue weighted by atomic mass is 10.2. The Hall–Kier alpha value is -2.34. The van der Waals surface area contributed by atoms with Gasteiger partial charge in [-0.25, -0.2) is 9.37 Å². The lowest BCUT2D eigenvalue weighted by Crippen LogP contribution is -2.02. The molecule has 1 aromatic carbocycles. The van der Waals surface area contributed by atoms with Crippen molar-refractivity contribution in [3.05, 3.63) is 54.1 Å². The Bertz CT molecular complexity index is 731. The molecule has 0 aliphatic rings. The fraction of sp³-hybridized carbons (Fsp3) is 0.0714. The van der Waals surface area contributed by atoms with Crippen LogP contribution >= 0.6 is 11.3 Å². The summed E-state index contributed by atoms with van der Waals surface area (Å²) in [5, 5.41) is 4.93. The van der Waals surface area contributed by atoms with Crippen molar-refractivity contribution in [2.24, 2.45) is 5.10 Å². The topological polar surface area (TPSA) is 50.2 Å². The highest BCUT2D eigenvalue weighted by Crippen LogP contribution is 2.25. The summed E-state index contributed by atoms with van der Waals surface area (Å²) in [4.78, 5) is 8.38. The van der Waals surface area contributed by atoms with Crippen molar-refractivity contribution in [1.82, 2.24) is 9.97 Å². The first-order valence-electron chi connectivity index (χ1n) is 6.00. The zero-order valence-electron chi connectivity index (χ0n) is 10.7. The fourth-order valence-corrected chi connectivity index (χ4v) is 2.51. The maximum atomic E-state index is 12.8. The Morgan fingerprint density at radius 3 is 2.85 bits per heavy atom. The third kappa shape index (κ3) is 2.65. The van der Waals surface area contributed by atoms with Gasteiger partial charge < -0.3 is 0 Å². The number of hydrazone groups is 1. The number of pyridine rings is 1. The van der Waals surface area contributed by atoms with Crippen molar-refractivity contribution >= 4 is 32.4 Å². The van der Waals surface area contributed by atoms with E-state index in [1.54, 1.807) is 13.0 Å². The number of nitrogens with zero attached hydrogens (tertiary/aromatic N) is 3. The lowest BCUT2D eigenvalue weighted by molar-refractivity contribution is 0.621. The van der Waals surface area contributed by atoms with Crippen LogP contribution in [0.1, 0.15) is 12.6 Å². The molecule has 3 rings (SSSR count). The van der Waals surface area contributed by atoms with Crippen LogP contribution < -0.4 is 5.43 Å². The molecule has 0 aliphatic heterocycles. The maximum absolute atomic E-state index is 12.8. The molecule has 2 heterocycles. The number of hydrogen-bond donors (Lipinski definition) is 1. The number of nitrogens with one attached hydrogen (secondary N) is 1. The van der Waals surface area contributed by atoms with Gasteiger partial charge in [0.1, 0.15) is 5.82 Å². The second-order valence-corrected chi connectivity index (χ2v) is 5.19. The molecule has 0 amide bonds. The molecule has 0 saturated heterocycles. The van der Waals surface area contributed by atoms with Crippen LogP contribution in [0, 0.1) is 5.82 Å². The molecule has 3 aromatic rings. The molecule has 0 spiro atoms. The smallest absolute Gasteiger partial charge is 0.204 e. The fourth-order valence-electron chi connectivity index (χ4n) is 1.70. The number of anilines is 1. The summed E-state index contributed by atoms with van der Waals surface area (Å²) < 4.78 is 13.9. The van der Waals surface area contributed by atoms with E-state index in [0.717, 1.165) is 10.2 Å². The average Bonchev–Trinajstić information content (AvgIpc) is 2.88. The molecule has 0 unspecified atom stereocenters. The summed E-state index contributed by atoms with van der Waals surface area (Å²) in [5.74, 6) is -0.360. The summed E-state index contributed by atoms with van der Waals surface area (Å²) in [6, 6.07) is 10.8. The molecule has 1 N–H and O–H groups in total. The predicted molar refractivity (Wildman–Crippen MR) is 79.6 cm³/mol. The van der Waals surface area contributed by atoms with Gasteiger partial charge in [0.25, 0.3) is 0 Å². The molecule has 2 aromatic heterocycles. The first-order chi connectivity index (χ1) is 9.72. The highest BCUT2D eigenvalue weighted by molar-refractivity contribution is 7.22. The molecule has 0 fully saturated rings. The van der Waals surface area contributed by atoms with Crippen LogP contribution in [0.5, 0.6) is 0 Å². The monoisotopic (exact) mass is 286 g/mol. The van der Waals surface area contributed by atoms with Crippen molar-refractivity contribution < 1.29 is 4.39 Å². The summed E-state index contributed by atoms with van der Waals surface area (Å²) in [6.07, 6.45) is 1.17. The van der Waals surface area contributed by atoms with Gasteiger partial charge in [-0.3, -0.25) is 10.4 Å². The molecular weight excluding hydrogens is 275 g/mol. The van der Waals surface area contributed by atoms with E-state index in [1.165, 1.54) is 23.6 Å². The minimum absolute atomic E-state index is 0.360. The Kier molecular flexibility index (Phi) is 3.39. The molecule has 0 radical (unpaired) electrons. The first-order valence-corrected chi connectivity index (χ1v) is 6.82. The van der Waals surface area contributed by atoms with Crippen molar-refractivity contribution in [1.29, 1.82) is 0 Å². The zero-order chi connectivity index (χ0) is 13.9. The number of thiazole rings is 1. The van der Waals surface area contributed by atoms with E-state index >= 15 is 0 Å². The van der Waals surface area contributed by atoms with Gasteiger partial charge in [-0.15, -0.1) is 0 Å². The highest BCUT2D eigenvalue weighted by atomic mass is 32.1. The van der Waals surface area contributed by atoms with Gasteiger partial charge in [-0.05, 0) is 31.2 Å². The number of rotatable bonds is 3. The van der Waals surface area contributed by atoms with Crippen LogP contribution in [-0.2, 0) is 0 Å². The molecule has 0 aliphatic carbocycles. The molecule has 100 valence electrons. The van der Waals surface area contributed by atoms with E-state index in [9.17, 15) is 4.39 Å². The number of para-hydroxylation sites is 1. The normalized spacial score (nSPS) is 11.8. The number of halogens is 1. The third-order valence-corrected chi connectivity index (χ3v) is 3.65. The molecular formula is C14H11FN4S. The Morgan fingerprint density at radius 2 is 2.10 bits per heavy atom. The largest absolute Gasteiger partial charge is 0.252 e. The third-order valence-electron chi connectivity index (χ3n) is 2.71. The maximum Gasteiger partial charge on any atom is 0.204 e. The van der Waals surface area contributed by atoms with Crippen molar-refractivity contribution in [3.8, 4) is 0 Å². The quantitative estimate of drug-likeness (QED) is 0.590. The summed E-state index contributed by atoms with van der Waals surface area (Å²) in [6.45, 7) is 1.81. The Balaban J connectivity index is 1.80. The SMILES string of the molecule is C/C(=N\Nc1nc2ccccc2s1)c1ccc(F)cn1. The van der Waals surface area contributed by atoms with Gasteiger partial charge in [0, 0.05) is 0 Å². The second kappa shape index (κ2) is 5.34. The van der Waals surface area contributed by atoms with E-state index in [4.69, 9.17) is 0 Å². The standard InChI is InChI=1S/C14H11FN4S/c1-9(11-7-6-10(15)8-16-11)18-19-14-17-12-4-2-3-5-13(12)20-14/h2-8H,1H3,(H,17,19)/b18-9+. The number of hydrogen-bond acceptors (Lipinski definition) is 5. The summed E-state index contributed by atoms with van der Waals surface area (Å²) in [5.41, 5.74) is 5.14. The van der Waals surface area contributed by atoms with E-state index in [0.29, 0.717) is 16.5 Å². The minimum Gasteiger partial charge on any atom is -0.252 e. The van der Waals surface area contributed by atoms with Crippen molar-refractivity contribution in [2.45, 2.75) is 6.92 Å². The van der Waals surface area contributed by atoms with E-state index < -0.39 is 0 Å². The number of aromatic nitrogens is 2. The predicted octanol–water partition coefficient (Wildman–Crippen LogP) is 3.67.